The lowest BCUT2D eigenvalue weighted by Crippen LogP contribution is -2.59. The van der Waals surface area contributed by atoms with Crippen molar-refractivity contribution in [3.05, 3.63) is 41.6 Å². The number of aryl methyl sites for hydroxylation is 1. The summed E-state index contributed by atoms with van der Waals surface area (Å²) in [5.74, 6) is 0.409. The van der Waals surface area contributed by atoms with E-state index in [2.05, 4.69) is 33.8 Å². The van der Waals surface area contributed by atoms with E-state index in [0.717, 1.165) is 30.5 Å². The molecular weight excluding hydrogens is 350 g/mol. The Kier molecular flexibility index (Phi) is 4.73. The number of pyridine rings is 1. The van der Waals surface area contributed by atoms with Crippen molar-refractivity contribution in [2.45, 2.75) is 25.6 Å². The third-order valence-corrected chi connectivity index (χ3v) is 7.48. The van der Waals surface area contributed by atoms with E-state index < -0.39 is 9.84 Å². The molecule has 2 aromatic rings. The van der Waals surface area contributed by atoms with Gasteiger partial charge in [0.2, 0.25) is 0 Å². The number of hydrogen-bond acceptors (Lipinski definition) is 6. The lowest BCUT2D eigenvalue weighted by molar-refractivity contribution is 0.0309. The Labute approximate surface area is 154 Å². The summed E-state index contributed by atoms with van der Waals surface area (Å²) in [6, 6.07) is 8.15. The van der Waals surface area contributed by atoms with E-state index in [0.29, 0.717) is 6.54 Å². The molecule has 2 saturated heterocycles. The van der Waals surface area contributed by atoms with Crippen molar-refractivity contribution in [3.63, 3.8) is 0 Å². The summed E-state index contributed by atoms with van der Waals surface area (Å²) in [6.45, 7) is 5.05. The van der Waals surface area contributed by atoms with Crippen molar-refractivity contribution in [2.24, 2.45) is 0 Å². The maximum absolute atomic E-state index is 12.3. The molecule has 3 heterocycles. The monoisotopic (exact) mass is 375 g/mol. The second-order valence-electron chi connectivity index (χ2n) is 7.37. The molecule has 0 amide bonds. The van der Waals surface area contributed by atoms with Gasteiger partial charge in [0.25, 0.3) is 0 Å². The molecule has 140 valence electrons. The van der Waals surface area contributed by atoms with Gasteiger partial charge in [-0.05, 0) is 30.2 Å². The number of aliphatic hydroxyl groups excluding tert-OH is 1. The van der Waals surface area contributed by atoms with Gasteiger partial charge in [0.1, 0.15) is 0 Å². The van der Waals surface area contributed by atoms with E-state index in [4.69, 9.17) is 0 Å². The number of benzene rings is 1. The van der Waals surface area contributed by atoms with Crippen molar-refractivity contribution >= 4 is 20.7 Å². The Morgan fingerprint density at radius 2 is 1.88 bits per heavy atom. The van der Waals surface area contributed by atoms with Crippen molar-refractivity contribution in [2.75, 3.05) is 37.7 Å². The normalized spacial score (nSPS) is 26.2. The average molecular weight is 375 g/mol. The van der Waals surface area contributed by atoms with E-state index in [9.17, 15) is 13.5 Å². The van der Waals surface area contributed by atoms with Crippen LogP contribution in [0.1, 0.15) is 11.1 Å². The Morgan fingerprint density at radius 3 is 2.65 bits per heavy atom. The molecule has 7 heteroatoms. The van der Waals surface area contributed by atoms with Crippen LogP contribution in [-0.2, 0) is 16.4 Å². The number of fused-ring (bicyclic) bond motifs is 2. The topological polar surface area (TPSA) is 73.7 Å². The predicted octanol–water partition coefficient (Wildman–Crippen LogP) is 0.819. The number of aliphatic hydroxyl groups is 1. The molecule has 2 aliphatic heterocycles. The molecule has 0 aliphatic carbocycles. The minimum absolute atomic E-state index is 0.00775. The van der Waals surface area contributed by atoms with Gasteiger partial charge in [0, 0.05) is 49.8 Å². The number of β-amino-alcohol motifs (C(OH)–C–C–N with tert-alkyl or cyclic N) is 1. The zero-order valence-corrected chi connectivity index (χ0v) is 15.8. The smallest absolute Gasteiger partial charge is 0.153 e. The van der Waals surface area contributed by atoms with Crippen LogP contribution in [0.15, 0.2) is 30.5 Å². The van der Waals surface area contributed by atoms with Crippen molar-refractivity contribution in [3.8, 4) is 0 Å². The average Bonchev–Trinajstić information content (AvgIpc) is 2.95. The SMILES string of the molecule is Cc1ccc2ncccc2c1CN1CCN(CCO)[C@@H]2CS(=O)(=O)C[C@@H]21. The lowest BCUT2D eigenvalue weighted by atomic mass is 9.99. The first kappa shape index (κ1) is 17.9. The molecule has 2 fully saturated rings. The van der Waals surface area contributed by atoms with Crippen LogP contribution >= 0.6 is 0 Å². The van der Waals surface area contributed by atoms with Crippen LogP contribution in [0.2, 0.25) is 0 Å². The maximum Gasteiger partial charge on any atom is 0.153 e. The number of sulfone groups is 1. The molecule has 26 heavy (non-hydrogen) atoms. The second kappa shape index (κ2) is 6.88. The fourth-order valence-corrected chi connectivity index (χ4v) is 6.48. The Morgan fingerprint density at radius 1 is 1.15 bits per heavy atom. The number of aromatic nitrogens is 1. The number of rotatable bonds is 4. The summed E-state index contributed by atoms with van der Waals surface area (Å²) < 4.78 is 24.6. The Hall–Kier alpha value is -1.54. The van der Waals surface area contributed by atoms with Crippen molar-refractivity contribution < 1.29 is 13.5 Å². The number of hydrogen-bond donors (Lipinski definition) is 1. The molecule has 1 aromatic heterocycles. The van der Waals surface area contributed by atoms with Crippen LogP contribution in [-0.4, -0.2) is 78.1 Å². The van der Waals surface area contributed by atoms with E-state index in [1.54, 1.807) is 6.20 Å². The van der Waals surface area contributed by atoms with Gasteiger partial charge in [-0.3, -0.25) is 14.8 Å². The molecular formula is C19H25N3O3S. The third kappa shape index (κ3) is 3.24. The predicted molar refractivity (Wildman–Crippen MR) is 102 cm³/mol. The highest BCUT2D eigenvalue weighted by atomic mass is 32.2. The molecule has 4 rings (SSSR count). The number of piperazine rings is 1. The van der Waals surface area contributed by atoms with Crippen molar-refractivity contribution in [1.29, 1.82) is 0 Å². The molecule has 6 nitrogen and oxygen atoms in total. The highest BCUT2D eigenvalue weighted by molar-refractivity contribution is 7.91. The first-order valence-electron chi connectivity index (χ1n) is 9.11. The van der Waals surface area contributed by atoms with Crippen LogP contribution in [0.5, 0.6) is 0 Å². The molecule has 2 atom stereocenters. The maximum atomic E-state index is 12.3. The van der Waals surface area contributed by atoms with Crippen LogP contribution < -0.4 is 0 Å². The van der Waals surface area contributed by atoms with Gasteiger partial charge in [-0.15, -0.1) is 0 Å². The van der Waals surface area contributed by atoms with Gasteiger partial charge in [-0.1, -0.05) is 12.1 Å². The second-order valence-corrected chi connectivity index (χ2v) is 9.53. The zero-order valence-electron chi connectivity index (χ0n) is 15.0. The highest BCUT2D eigenvalue weighted by Crippen LogP contribution is 2.30. The van der Waals surface area contributed by atoms with Gasteiger partial charge < -0.3 is 5.11 Å². The molecule has 1 N–H and O–H groups in total. The van der Waals surface area contributed by atoms with Gasteiger partial charge in [-0.25, -0.2) is 8.42 Å². The quantitative estimate of drug-likeness (QED) is 0.853. The van der Waals surface area contributed by atoms with Crippen LogP contribution in [0.25, 0.3) is 10.9 Å². The first-order valence-corrected chi connectivity index (χ1v) is 10.9. The van der Waals surface area contributed by atoms with Gasteiger partial charge in [0.05, 0.1) is 23.6 Å². The number of nitrogens with zero attached hydrogens (tertiary/aromatic N) is 3. The summed E-state index contributed by atoms with van der Waals surface area (Å²) in [6.07, 6.45) is 1.80. The summed E-state index contributed by atoms with van der Waals surface area (Å²) in [4.78, 5) is 8.91. The van der Waals surface area contributed by atoms with Crippen LogP contribution in [0, 0.1) is 6.92 Å². The minimum Gasteiger partial charge on any atom is -0.395 e. The van der Waals surface area contributed by atoms with Crippen LogP contribution in [0.4, 0.5) is 0 Å². The molecule has 0 bridgehead atoms. The molecule has 0 spiro atoms. The first-order chi connectivity index (χ1) is 12.5. The summed E-state index contributed by atoms with van der Waals surface area (Å²) in [5, 5.41) is 10.5. The molecule has 1 aromatic carbocycles. The standard InChI is InChI=1S/C19H25N3O3S/c1-14-4-5-17-15(3-2-6-20-17)16(14)11-22-8-7-21(9-10-23)18-12-26(24,25)13-19(18)22/h2-6,18-19,23H,7-13H2,1H3/t18-,19+/m1/s1. The third-order valence-electron chi connectivity index (χ3n) is 5.79. The zero-order chi connectivity index (χ0) is 18.3. The lowest BCUT2D eigenvalue weighted by Gasteiger charge is -2.44. The Balaban J connectivity index is 1.66. The molecule has 0 radical (unpaired) electrons. The van der Waals surface area contributed by atoms with E-state index >= 15 is 0 Å². The summed E-state index contributed by atoms with van der Waals surface area (Å²) in [5.41, 5.74) is 3.41. The van der Waals surface area contributed by atoms with Crippen molar-refractivity contribution in [1.82, 2.24) is 14.8 Å². The largest absolute Gasteiger partial charge is 0.395 e. The fraction of sp³-hybridized carbons (Fsp3) is 0.526. The molecule has 0 saturated carbocycles. The molecule has 2 aliphatic rings. The Bertz CT molecular complexity index is 915. The minimum atomic E-state index is -3.04. The van der Waals surface area contributed by atoms with E-state index in [1.807, 2.05) is 12.1 Å². The van der Waals surface area contributed by atoms with Gasteiger partial charge in [0.15, 0.2) is 9.84 Å². The van der Waals surface area contributed by atoms with Crippen LogP contribution in [0.3, 0.4) is 0 Å². The highest BCUT2D eigenvalue weighted by Gasteiger charge is 2.46. The van der Waals surface area contributed by atoms with Gasteiger partial charge in [-0.2, -0.15) is 0 Å². The fourth-order valence-electron chi connectivity index (χ4n) is 4.43. The van der Waals surface area contributed by atoms with E-state index in [1.165, 1.54) is 11.1 Å². The summed E-state index contributed by atoms with van der Waals surface area (Å²) >= 11 is 0. The molecule has 0 unspecified atom stereocenters. The van der Waals surface area contributed by atoms with Gasteiger partial charge >= 0.3 is 0 Å². The van der Waals surface area contributed by atoms with E-state index in [-0.39, 0.29) is 30.2 Å². The summed E-state index contributed by atoms with van der Waals surface area (Å²) in [7, 11) is -3.04.